The Morgan fingerprint density at radius 3 is 2.35 bits per heavy atom. The average Bonchev–Trinajstić information content (AvgIpc) is 3.72. The van der Waals surface area contributed by atoms with E-state index in [1.807, 2.05) is 47.5 Å². The summed E-state index contributed by atoms with van der Waals surface area (Å²) in [4.78, 5) is 20.1. The number of carbonyl (C=O) groups is 1. The predicted octanol–water partition coefficient (Wildman–Crippen LogP) is 4.76. The number of amides is 1. The molecule has 0 radical (unpaired) electrons. The van der Waals surface area contributed by atoms with Gasteiger partial charge in [-0.1, -0.05) is 17.3 Å². The summed E-state index contributed by atoms with van der Waals surface area (Å²) < 4.78 is 28.7. The molecule has 2 N–H and O–H groups in total. The summed E-state index contributed by atoms with van der Waals surface area (Å²) in [6, 6.07) is 17.1. The molecule has 11 heteroatoms. The predicted molar refractivity (Wildman–Crippen MR) is 164 cm³/mol. The molecule has 0 unspecified atom stereocenters. The van der Waals surface area contributed by atoms with Crippen molar-refractivity contribution in [3.8, 4) is 5.69 Å². The van der Waals surface area contributed by atoms with E-state index in [4.69, 9.17) is 0 Å². The molecule has 2 aliphatic rings. The molecule has 0 bridgehead atoms. The topological polar surface area (TPSA) is 81.6 Å². The quantitative estimate of drug-likeness (QED) is 0.293. The second kappa shape index (κ2) is 12.8. The fourth-order valence-corrected chi connectivity index (χ4v) is 5.60. The molecular formula is C32H36F2N8O. The van der Waals surface area contributed by atoms with Crippen molar-refractivity contribution in [3.63, 3.8) is 0 Å². The Hall–Kier alpha value is -4.51. The molecule has 1 aromatic heterocycles. The van der Waals surface area contributed by atoms with Crippen molar-refractivity contribution in [1.29, 1.82) is 0 Å². The number of likely N-dealkylation sites (N-methyl/N-ethyl adjacent to an activating group) is 1. The zero-order chi connectivity index (χ0) is 29.8. The van der Waals surface area contributed by atoms with E-state index >= 15 is 0 Å². The summed E-state index contributed by atoms with van der Waals surface area (Å²) in [5.74, 6) is -1.15. The molecule has 1 amide bonds. The molecule has 2 fully saturated rings. The first-order valence-electron chi connectivity index (χ1n) is 14.7. The van der Waals surface area contributed by atoms with Crippen LogP contribution in [0.15, 0.2) is 66.9 Å². The fourth-order valence-electron chi connectivity index (χ4n) is 5.60. The second-order valence-corrected chi connectivity index (χ2v) is 11.2. The van der Waals surface area contributed by atoms with Gasteiger partial charge in [0.1, 0.15) is 17.3 Å². The third kappa shape index (κ3) is 6.94. The van der Waals surface area contributed by atoms with Crippen molar-refractivity contribution >= 4 is 23.0 Å². The first kappa shape index (κ1) is 28.6. The number of nitrogens with zero attached hydrogens (tertiary/aromatic N) is 6. The third-order valence-electron chi connectivity index (χ3n) is 8.01. The number of nitrogens with one attached hydrogen (secondary N) is 2. The van der Waals surface area contributed by atoms with Crippen LogP contribution in [0.2, 0.25) is 0 Å². The van der Waals surface area contributed by atoms with Crippen molar-refractivity contribution in [3.05, 3.63) is 95.3 Å². The largest absolute Gasteiger partial charge is 0.381 e. The smallest absolute Gasteiger partial charge is 0.256 e. The van der Waals surface area contributed by atoms with Crippen LogP contribution in [0.25, 0.3) is 5.69 Å². The zero-order valence-corrected chi connectivity index (χ0v) is 24.3. The Morgan fingerprint density at radius 1 is 0.837 bits per heavy atom. The minimum Gasteiger partial charge on any atom is -0.381 e. The first-order chi connectivity index (χ1) is 20.9. The van der Waals surface area contributed by atoms with E-state index in [-0.39, 0.29) is 5.91 Å². The van der Waals surface area contributed by atoms with E-state index in [1.165, 1.54) is 12.1 Å². The average molecular weight is 587 g/mol. The molecule has 3 heterocycles. The van der Waals surface area contributed by atoms with Crippen LogP contribution in [0.5, 0.6) is 0 Å². The van der Waals surface area contributed by atoms with E-state index in [1.54, 1.807) is 4.68 Å². The Labute approximate surface area is 250 Å². The summed E-state index contributed by atoms with van der Waals surface area (Å²) in [7, 11) is 2.13. The Kier molecular flexibility index (Phi) is 8.50. The van der Waals surface area contributed by atoms with Gasteiger partial charge in [0.25, 0.3) is 5.91 Å². The van der Waals surface area contributed by atoms with Gasteiger partial charge in [-0.3, -0.25) is 4.79 Å². The van der Waals surface area contributed by atoms with Crippen LogP contribution in [0, 0.1) is 11.6 Å². The van der Waals surface area contributed by atoms with Crippen LogP contribution in [0.4, 0.5) is 25.8 Å². The van der Waals surface area contributed by atoms with Gasteiger partial charge < -0.3 is 25.3 Å². The number of hydrogen-bond donors (Lipinski definition) is 2. The number of likely N-dealkylation sites (tertiary alicyclic amines) is 1. The van der Waals surface area contributed by atoms with Crippen LogP contribution in [0.1, 0.15) is 34.5 Å². The molecule has 224 valence electrons. The lowest BCUT2D eigenvalue weighted by Crippen LogP contribution is -2.45. The van der Waals surface area contributed by atoms with Gasteiger partial charge in [0.05, 0.1) is 24.0 Å². The van der Waals surface area contributed by atoms with Gasteiger partial charge in [-0.05, 0) is 67.9 Å². The lowest BCUT2D eigenvalue weighted by Gasteiger charge is -2.35. The first-order valence-corrected chi connectivity index (χ1v) is 14.7. The zero-order valence-electron chi connectivity index (χ0n) is 24.3. The van der Waals surface area contributed by atoms with E-state index in [9.17, 15) is 13.6 Å². The molecule has 6 rings (SSSR count). The van der Waals surface area contributed by atoms with Gasteiger partial charge >= 0.3 is 0 Å². The standard InChI is InChI=1S/C32H36F2N8O/c1-39-11-13-40(14-12-39)31-8-7-26(19-30(31)32(43)41-9-2-3-10-41)36-21-28-22-42(38-37-28)29-6-4-5-23(15-29)20-35-27-17-24(33)16-25(34)18-27/h4-8,15-19,22,35-36H,2-3,9-14,20-21H2,1H3. The van der Waals surface area contributed by atoms with Gasteiger partial charge in [0.15, 0.2) is 0 Å². The van der Waals surface area contributed by atoms with Gasteiger partial charge in [-0.25, -0.2) is 13.5 Å². The molecule has 3 aromatic carbocycles. The minimum atomic E-state index is -0.625. The highest BCUT2D eigenvalue weighted by Gasteiger charge is 2.25. The highest BCUT2D eigenvalue weighted by Crippen LogP contribution is 2.28. The maximum atomic E-state index is 13.5. The van der Waals surface area contributed by atoms with Crippen molar-refractivity contribution in [2.24, 2.45) is 0 Å². The van der Waals surface area contributed by atoms with Crippen LogP contribution in [0.3, 0.4) is 0 Å². The molecule has 4 aromatic rings. The Balaban J connectivity index is 1.13. The van der Waals surface area contributed by atoms with E-state index < -0.39 is 11.6 Å². The van der Waals surface area contributed by atoms with Gasteiger partial charge in [0, 0.05) is 68.9 Å². The number of piperazine rings is 1. The Morgan fingerprint density at radius 2 is 1.58 bits per heavy atom. The molecule has 0 saturated carbocycles. The number of halogens is 2. The lowest BCUT2D eigenvalue weighted by molar-refractivity contribution is 0.0793. The van der Waals surface area contributed by atoms with Crippen molar-refractivity contribution in [2.75, 3.05) is 61.8 Å². The van der Waals surface area contributed by atoms with Crippen LogP contribution in [-0.2, 0) is 13.1 Å². The minimum absolute atomic E-state index is 0.0953. The number of benzene rings is 3. The number of anilines is 3. The van der Waals surface area contributed by atoms with Crippen LogP contribution < -0.4 is 15.5 Å². The number of aromatic nitrogens is 3. The summed E-state index contributed by atoms with van der Waals surface area (Å²) >= 11 is 0. The van der Waals surface area contributed by atoms with Crippen molar-refractivity contribution in [2.45, 2.75) is 25.9 Å². The number of rotatable bonds is 9. The normalized spacial score (nSPS) is 15.6. The van der Waals surface area contributed by atoms with Gasteiger partial charge in [-0.2, -0.15) is 0 Å². The molecule has 9 nitrogen and oxygen atoms in total. The maximum absolute atomic E-state index is 13.5. The molecule has 2 aliphatic heterocycles. The van der Waals surface area contributed by atoms with Gasteiger partial charge in [0.2, 0.25) is 0 Å². The molecule has 43 heavy (non-hydrogen) atoms. The fraction of sp³-hybridized carbons (Fsp3) is 0.344. The highest BCUT2D eigenvalue weighted by molar-refractivity contribution is 6.01. The van der Waals surface area contributed by atoms with E-state index in [0.29, 0.717) is 18.8 Å². The van der Waals surface area contributed by atoms with Gasteiger partial charge in [-0.15, -0.1) is 5.10 Å². The SMILES string of the molecule is CN1CCN(c2ccc(NCc3cn(-c4cccc(CNc5cc(F)cc(F)c5)c4)nn3)cc2C(=O)N2CCCC2)CC1. The summed E-state index contributed by atoms with van der Waals surface area (Å²) in [5.41, 5.74) is 5.46. The van der Waals surface area contributed by atoms with E-state index in [2.05, 4.69) is 43.9 Å². The van der Waals surface area contributed by atoms with Crippen LogP contribution in [-0.4, -0.2) is 77.0 Å². The molecule has 0 spiro atoms. The Bertz CT molecular complexity index is 1560. The van der Waals surface area contributed by atoms with Crippen molar-refractivity contribution < 1.29 is 13.6 Å². The molecule has 2 saturated heterocycles. The number of carbonyl (C=O) groups excluding carboxylic acids is 1. The van der Waals surface area contributed by atoms with E-state index in [0.717, 1.165) is 92.1 Å². The number of hydrogen-bond acceptors (Lipinski definition) is 7. The molecule has 0 aliphatic carbocycles. The molecular weight excluding hydrogens is 550 g/mol. The van der Waals surface area contributed by atoms with Crippen molar-refractivity contribution in [1.82, 2.24) is 24.8 Å². The third-order valence-corrected chi connectivity index (χ3v) is 8.01. The van der Waals surface area contributed by atoms with Crippen LogP contribution >= 0.6 is 0 Å². The molecule has 0 atom stereocenters. The highest BCUT2D eigenvalue weighted by atomic mass is 19.1. The maximum Gasteiger partial charge on any atom is 0.256 e. The summed E-state index contributed by atoms with van der Waals surface area (Å²) in [5, 5.41) is 15.1. The lowest BCUT2D eigenvalue weighted by atomic mass is 10.1. The summed E-state index contributed by atoms with van der Waals surface area (Å²) in [6.45, 7) is 6.18. The second-order valence-electron chi connectivity index (χ2n) is 11.2. The summed E-state index contributed by atoms with van der Waals surface area (Å²) in [6.07, 6.45) is 3.96. The monoisotopic (exact) mass is 586 g/mol.